The fourth-order valence-electron chi connectivity index (χ4n) is 2.02. The van der Waals surface area contributed by atoms with E-state index >= 15 is 0 Å². The van der Waals surface area contributed by atoms with Gasteiger partial charge in [0.05, 0.1) is 11.8 Å². The number of sulfonamides is 1. The second kappa shape index (κ2) is 6.10. The number of carbonyl (C=O) groups excluding carboxylic acids is 3. The molecule has 120 valence electrons. The van der Waals surface area contributed by atoms with E-state index in [0.29, 0.717) is 6.42 Å². The number of piperazine rings is 1. The molecule has 1 saturated heterocycles. The lowest BCUT2D eigenvalue weighted by Gasteiger charge is -2.41. The Kier molecular flexibility index (Phi) is 5.11. The van der Waals surface area contributed by atoms with E-state index in [2.05, 4.69) is 10.0 Å². The molecule has 21 heavy (non-hydrogen) atoms. The molecule has 0 saturated carbocycles. The average Bonchev–Trinajstić information content (AvgIpc) is 2.32. The van der Waals surface area contributed by atoms with Gasteiger partial charge < -0.3 is 4.90 Å². The van der Waals surface area contributed by atoms with Gasteiger partial charge in [-0.3, -0.25) is 19.7 Å². The first kappa shape index (κ1) is 17.6. The van der Waals surface area contributed by atoms with Crippen LogP contribution in [0.3, 0.4) is 0 Å². The van der Waals surface area contributed by atoms with Gasteiger partial charge in [-0.1, -0.05) is 6.92 Å². The fraction of sp³-hybridized carbons (Fsp3) is 0.750. The van der Waals surface area contributed by atoms with Crippen LogP contribution in [0.15, 0.2) is 0 Å². The third-order valence-electron chi connectivity index (χ3n) is 3.25. The predicted octanol–water partition coefficient (Wildman–Crippen LogP) is -1.03. The van der Waals surface area contributed by atoms with E-state index in [1.54, 1.807) is 6.92 Å². The summed E-state index contributed by atoms with van der Waals surface area (Å²) in [6.45, 7) is 5.82. The number of hydrogen-bond acceptors (Lipinski definition) is 5. The second-order valence-corrected chi connectivity index (χ2v) is 7.39. The van der Waals surface area contributed by atoms with E-state index < -0.39 is 39.3 Å². The van der Waals surface area contributed by atoms with Gasteiger partial charge in [0.25, 0.3) is 5.91 Å². The molecule has 1 aliphatic rings. The van der Waals surface area contributed by atoms with Gasteiger partial charge in [0.15, 0.2) is 0 Å². The van der Waals surface area contributed by atoms with Gasteiger partial charge in [0.1, 0.15) is 12.1 Å². The molecule has 2 N–H and O–H groups in total. The molecular formula is C12H21N3O5S. The Morgan fingerprint density at radius 2 is 2.00 bits per heavy atom. The van der Waals surface area contributed by atoms with Crippen molar-refractivity contribution < 1.29 is 22.8 Å². The van der Waals surface area contributed by atoms with Crippen molar-refractivity contribution in [1.82, 2.24) is 14.9 Å². The summed E-state index contributed by atoms with van der Waals surface area (Å²) in [6.07, 6.45) is 0.423. The number of imide groups is 1. The summed E-state index contributed by atoms with van der Waals surface area (Å²) < 4.78 is 25.6. The Labute approximate surface area is 124 Å². The van der Waals surface area contributed by atoms with Gasteiger partial charge in [0, 0.05) is 0 Å². The summed E-state index contributed by atoms with van der Waals surface area (Å²) in [7, 11) is -3.56. The zero-order valence-corrected chi connectivity index (χ0v) is 13.4. The molecule has 1 aliphatic heterocycles. The molecule has 9 heteroatoms. The number of rotatable bonds is 5. The number of amides is 3. The van der Waals surface area contributed by atoms with Crippen molar-refractivity contribution in [3.05, 3.63) is 0 Å². The number of hydrogen-bond donors (Lipinski definition) is 2. The van der Waals surface area contributed by atoms with Crippen molar-refractivity contribution in [2.75, 3.05) is 12.3 Å². The van der Waals surface area contributed by atoms with Crippen molar-refractivity contribution in [3.63, 3.8) is 0 Å². The minimum absolute atomic E-state index is 0.0899. The van der Waals surface area contributed by atoms with Gasteiger partial charge in [0.2, 0.25) is 21.8 Å². The number of nitrogens with zero attached hydrogens (tertiary/aromatic N) is 1. The van der Waals surface area contributed by atoms with Crippen LogP contribution in [0.1, 0.15) is 34.1 Å². The highest BCUT2D eigenvalue weighted by molar-refractivity contribution is 7.89. The third kappa shape index (κ3) is 4.01. The summed E-state index contributed by atoms with van der Waals surface area (Å²) in [6, 6.07) is -1.04. The zero-order valence-electron chi connectivity index (χ0n) is 12.6. The molecular weight excluding hydrogens is 298 g/mol. The summed E-state index contributed by atoms with van der Waals surface area (Å²) in [5, 5.41) is 2.15. The summed E-state index contributed by atoms with van der Waals surface area (Å²) >= 11 is 0. The Morgan fingerprint density at radius 1 is 1.43 bits per heavy atom. The van der Waals surface area contributed by atoms with Crippen LogP contribution in [0.5, 0.6) is 0 Å². The maximum absolute atomic E-state index is 12.4. The molecule has 1 unspecified atom stereocenters. The van der Waals surface area contributed by atoms with Crippen LogP contribution < -0.4 is 10.0 Å². The lowest BCUT2D eigenvalue weighted by atomic mass is 9.98. The monoisotopic (exact) mass is 319 g/mol. The molecule has 3 amide bonds. The SMILES string of the molecule is CCCS(=O)(=O)NC(C)C(=O)N1CC(=O)NC(=O)C1(C)C. The highest BCUT2D eigenvalue weighted by Crippen LogP contribution is 2.19. The van der Waals surface area contributed by atoms with Gasteiger partial charge in [-0.2, -0.15) is 0 Å². The summed E-state index contributed by atoms with van der Waals surface area (Å²) in [4.78, 5) is 36.7. The zero-order chi connectivity index (χ0) is 16.4. The maximum Gasteiger partial charge on any atom is 0.252 e. The van der Waals surface area contributed by atoms with Gasteiger partial charge >= 0.3 is 0 Å². The predicted molar refractivity (Wildman–Crippen MR) is 75.6 cm³/mol. The van der Waals surface area contributed by atoms with Crippen LogP contribution in [0, 0.1) is 0 Å². The van der Waals surface area contributed by atoms with Gasteiger partial charge in [-0.05, 0) is 27.2 Å². The Balaban J connectivity index is 2.91. The van der Waals surface area contributed by atoms with E-state index in [0.717, 1.165) is 4.90 Å². The smallest absolute Gasteiger partial charge is 0.252 e. The molecule has 0 aromatic carbocycles. The highest BCUT2D eigenvalue weighted by atomic mass is 32.2. The van der Waals surface area contributed by atoms with Crippen LogP contribution in [-0.2, 0) is 24.4 Å². The first-order chi connectivity index (χ1) is 9.51. The molecule has 0 aliphatic carbocycles. The Morgan fingerprint density at radius 3 is 2.52 bits per heavy atom. The third-order valence-corrected chi connectivity index (χ3v) is 4.91. The fourth-order valence-corrected chi connectivity index (χ4v) is 3.31. The lowest BCUT2D eigenvalue weighted by molar-refractivity contribution is -0.156. The van der Waals surface area contributed by atoms with Crippen molar-refractivity contribution in [1.29, 1.82) is 0 Å². The molecule has 0 aromatic heterocycles. The second-order valence-electron chi connectivity index (χ2n) is 5.52. The van der Waals surface area contributed by atoms with Crippen LogP contribution >= 0.6 is 0 Å². The van der Waals surface area contributed by atoms with Crippen molar-refractivity contribution in [2.24, 2.45) is 0 Å². The number of carbonyl (C=O) groups is 3. The minimum atomic E-state index is -3.56. The molecule has 1 heterocycles. The average molecular weight is 319 g/mol. The van der Waals surface area contributed by atoms with E-state index in [1.165, 1.54) is 20.8 Å². The van der Waals surface area contributed by atoms with Crippen LogP contribution in [-0.4, -0.2) is 54.9 Å². The largest absolute Gasteiger partial charge is 0.318 e. The van der Waals surface area contributed by atoms with Crippen LogP contribution in [0.4, 0.5) is 0 Å². The lowest BCUT2D eigenvalue weighted by Crippen LogP contribution is -2.67. The van der Waals surface area contributed by atoms with Gasteiger partial charge in [-0.25, -0.2) is 13.1 Å². The van der Waals surface area contributed by atoms with E-state index in [9.17, 15) is 22.8 Å². The quantitative estimate of drug-likeness (QED) is 0.629. The van der Waals surface area contributed by atoms with E-state index in [1.807, 2.05) is 0 Å². The molecule has 8 nitrogen and oxygen atoms in total. The number of nitrogens with one attached hydrogen (secondary N) is 2. The Hall–Kier alpha value is -1.48. The van der Waals surface area contributed by atoms with Crippen molar-refractivity contribution in [2.45, 2.75) is 45.7 Å². The molecule has 0 radical (unpaired) electrons. The van der Waals surface area contributed by atoms with Crippen LogP contribution in [0.25, 0.3) is 0 Å². The topological polar surface area (TPSA) is 113 Å². The summed E-state index contributed by atoms with van der Waals surface area (Å²) in [5.74, 6) is -1.87. The minimum Gasteiger partial charge on any atom is -0.318 e. The first-order valence-electron chi connectivity index (χ1n) is 6.67. The molecule has 0 bridgehead atoms. The standard InChI is InChI=1S/C12H21N3O5S/c1-5-6-21(19,20)14-8(2)10(17)15-7-9(16)13-11(18)12(15,3)4/h8,14H,5-7H2,1-4H3,(H,13,16,18). The first-order valence-corrected chi connectivity index (χ1v) is 8.32. The molecule has 0 aromatic rings. The van der Waals surface area contributed by atoms with E-state index in [-0.39, 0.29) is 12.3 Å². The molecule has 0 spiro atoms. The summed E-state index contributed by atoms with van der Waals surface area (Å²) in [5.41, 5.74) is -1.21. The van der Waals surface area contributed by atoms with Crippen LogP contribution in [0.2, 0.25) is 0 Å². The Bertz CT molecular complexity index is 555. The van der Waals surface area contributed by atoms with Crippen molar-refractivity contribution in [3.8, 4) is 0 Å². The van der Waals surface area contributed by atoms with Crippen molar-refractivity contribution >= 4 is 27.7 Å². The normalized spacial score (nSPS) is 20.1. The molecule has 1 rings (SSSR count). The van der Waals surface area contributed by atoms with E-state index in [4.69, 9.17) is 0 Å². The highest BCUT2D eigenvalue weighted by Gasteiger charge is 2.44. The van der Waals surface area contributed by atoms with Gasteiger partial charge in [-0.15, -0.1) is 0 Å². The molecule has 1 atom stereocenters. The molecule has 1 fully saturated rings. The maximum atomic E-state index is 12.4.